The SMILES string of the molecule is CCSc1cccc(SCc2ccccc2)c1/C(N)=N/O. The molecule has 0 saturated carbocycles. The molecule has 0 spiro atoms. The van der Waals surface area contributed by atoms with Crippen LogP contribution in [0.25, 0.3) is 0 Å². The molecule has 0 aromatic heterocycles. The molecule has 3 nitrogen and oxygen atoms in total. The van der Waals surface area contributed by atoms with Gasteiger partial charge in [0.15, 0.2) is 5.84 Å². The van der Waals surface area contributed by atoms with E-state index in [2.05, 4.69) is 24.2 Å². The van der Waals surface area contributed by atoms with Crippen molar-refractivity contribution in [3.63, 3.8) is 0 Å². The average Bonchev–Trinajstić information content (AvgIpc) is 2.53. The Morgan fingerprint density at radius 3 is 2.33 bits per heavy atom. The Kier molecular flexibility index (Phi) is 6.02. The quantitative estimate of drug-likeness (QED) is 0.276. The van der Waals surface area contributed by atoms with Crippen LogP contribution in [0.1, 0.15) is 18.1 Å². The zero-order valence-corrected chi connectivity index (χ0v) is 13.5. The predicted octanol–water partition coefficient (Wildman–Crippen LogP) is 4.19. The largest absolute Gasteiger partial charge is 0.409 e. The van der Waals surface area contributed by atoms with Gasteiger partial charge in [-0.05, 0) is 23.4 Å². The van der Waals surface area contributed by atoms with Gasteiger partial charge >= 0.3 is 0 Å². The average molecular weight is 318 g/mol. The normalized spacial score (nSPS) is 11.6. The fourth-order valence-corrected chi connectivity index (χ4v) is 3.90. The molecule has 110 valence electrons. The molecule has 3 N–H and O–H groups in total. The number of thioether (sulfide) groups is 2. The predicted molar refractivity (Wildman–Crippen MR) is 91.4 cm³/mol. The summed E-state index contributed by atoms with van der Waals surface area (Å²) < 4.78 is 0. The topological polar surface area (TPSA) is 58.6 Å². The third kappa shape index (κ3) is 4.19. The summed E-state index contributed by atoms with van der Waals surface area (Å²) in [6.07, 6.45) is 0. The third-order valence-corrected chi connectivity index (χ3v) is 4.96. The lowest BCUT2D eigenvalue weighted by Gasteiger charge is -2.12. The van der Waals surface area contributed by atoms with E-state index in [1.807, 2.05) is 36.4 Å². The van der Waals surface area contributed by atoms with Gasteiger partial charge < -0.3 is 10.9 Å². The van der Waals surface area contributed by atoms with E-state index in [0.717, 1.165) is 26.9 Å². The molecule has 21 heavy (non-hydrogen) atoms. The number of amidine groups is 1. The molecule has 2 rings (SSSR count). The smallest absolute Gasteiger partial charge is 0.172 e. The van der Waals surface area contributed by atoms with Crippen LogP contribution in [-0.2, 0) is 5.75 Å². The van der Waals surface area contributed by atoms with Gasteiger partial charge in [0.05, 0.1) is 0 Å². The number of rotatable bonds is 6. The highest BCUT2D eigenvalue weighted by atomic mass is 32.2. The van der Waals surface area contributed by atoms with E-state index in [1.165, 1.54) is 5.56 Å². The van der Waals surface area contributed by atoms with E-state index < -0.39 is 0 Å². The highest BCUT2D eigenvalue weighted by molar-refractivity contribution is 7.99. The van der Waals surface area contributed by atoms with Crippen LogP contribution in [0.5, 0.6) is 0 Å². The summed E-state index contributed by atoms with van der Waals surface area (Å²) in [5.74, 6) is 1.97. The lowest BCUT2D eigenvalue weighted by Crippen LogP contribution is -2.15. The van der Waals surface area contributed by atoms with Gasteiger partial charge in [0.25, 0.3) is 0 Å². The van der Waals surface area contributed by atoms with Crippen LogP contribution >= 0.6 is 23.5 Å². The van der Waals surface area contributed by atoms with Crippen molar-refractivity contribution in [1.29, 1.82) is 0 Å². The molecule has 0 radical (unpaired) electrons. The van der Waals surface area contributed by atoms with E-state index in [4.69, 9.17) is 10.9 Å². The molecule has 0 fully saturated rings. The van der Waals surface area contributed by atoms with Crippen LogP contribution in [-0.4, -0.2) is 16.8 Å². The minimum Gasteiger partial charge on any atom is -0.409 e. The van der Waals surface area contributed by atoms with Gasteiger partial charge in [0.2, 0.25) is 0 Å². The molecule has 0 aliphatic rings. The molecule has 5 heteroatoms. The van der Waals surface area contributed by atoms with E-state index in [0.29, 0.717) is 0 Å². The molecular weight excluding hydrogens is 300 g/mol. The summed E-state index contributed by atoms with van der Waals surface area (Å²) in [5.41, 5.74) is 7.95. The lowest BCUT2D eigenvalue weighted by molar-refractivity contribution is 0.318. The summed E-state index contributed by atoms with van der Waals surface area (Å²) in [4.78, 5) is 2.08. The van der Waals surface area contributed by atoms with Crippen molar-refractivity contribution in [1.82, 2.24) is 0 Å². The maximum atomic E-state index is 9.04. The summed E-state index contributed by atoms with van der Waals surface area (Å²) in [7, 11) is 0. The maximum Gasteiger partial charge on any atom is 0.172 e. The van der Waals surface area contributed by atoms with Crippen LogP contribution in [0.4, 0.5) is 0 Å². The lowest BCUT2D eigenvalue weighted by atomic mass is 10.2. The monoisotopic (exact) mass is 318 g/mol. The first-order chi connectivity index (χ1) is 10.3. The Morgan fingerprint density at radius 1 is 1.05 bits per heavy atom. The Hall–Kier alpha value is -1.59. The molecule has 0 amide bonds. The van der Waals surface area contributed by atoms with Crippen molar-refractivity contribution < 1.29 is 5.21 Å². The zero-order chi connectivity index (χ0) is 15.1. The van der Waals surface area contributed by atoms with Gasteiger partial charge in [-0.3, -0.25) is 0 Å². The maximum absolute atomic E-state index is 9.04. The molecule has 2 aromatic rings. The van der Waals surface area contributed by atoms with Crippen LogP contribution in [0.3, 0.4) is 0 Å². The fourth-order valence-electron chi connectivity index (χ4n) is 1.94. The van der Waals surface area contributed by atoms with Crippen molar-refractivity contribution in [3.05, 3.63) is 59.7 Å². The van der Waals surface area contributed by atoms with Crippen molar-refractivity contribution in [3.8, 4) is 0 Å². The Labute approximate surface area is 133 Å². The molecule has 0 bridgehead atoms. The van der Waals surface area contributed by atoms with Crippen molar-refractivity contribution >= 4 is 29.4 Å². The van der Waals surface area contributed by atoms with E-state index in [9.17, 15) is 0 Å². The molecule has 0 atom stereocenters. The van der Waals surface area contributed by atoms with Gasteiger partial charge in [-0.2, -0.15) is 0 Å². The summed E-state index contributed by atoms with van der Waals surface area (Å²) in [5, 5.41) is 12.2. The molecule has 0 aliphatic carbocycles. The highest BCUT2D eigenvalue weighted by Crippen LogP contribution is 2.32. The minimum absolute atomic E-state index is 0.169. The second-order valence-corrected chi connectivity index (χ2v) is 6.64. The number of oxime groups is 1. The third-order valence-electron chi connectivity index (χ3n) is 2.89. The van der Waals surface area contributed by atoms with Crippen molar-refractivity contribution in [2.24, 2.45) is 10.9 Å². The molecular formula is C16H18N2OS2. The first kappa shape index (κ1) is 15.8. The van der Waals surface area contributed by atoms with Gasteiger partial charge in [0.1, 0.15) is 0 Å². The summed E-state index contributed by atoms with van der Waals surface area (Å²) in [6, 6.07) is 16.3. The van der Waals surface area contributed by atoms with E-state index in [1.54, 1.807) is 23.5 Å². The first-order valence-corrected chi connectivity index (χ1v) is 8.63. The first-order valence-electron chi connectivity index (χ1n) is 6.66. The van der Waals surface area contributed by atoms with Crippen LogP contribution < -0.4 is 5.73 Å². The standard InChI is InChI=1S/C16H18N2OS2/c1-2-20-13-9-6-10-14(15(13)16(17)18-19)21-11-12-7-4-3-5-8-12/h3-10,19H,2,11H2,1H3,(H2,17,18). The van der Waals surface area contributed by atoms with Gasteiger partial charge in [-0.1, -0.05) is 48.5 Å². The number of nitrogens with zero attached hydrogens (tertiary/aromatic N) is 1. The van der Waals surface area contributed by atoms with Crippen LogP contribution in [0, 0.1) is 0 Å². The Morgan fingerprint density at radius 2 is 1.71 bits per heavy atom. The Balaban J connectivity index is 2.27. The highest BCUT2D eigenvalue weighted by Gasteiger charge is 2.13. The number of nitrogens with two attached hydrogens (primary N) is 1. The Bertz CT molecular complexity index is 615. The van der Waals surface area contributed by atoms with Gasteiger partial charge in [-0.25, -0.2) is 0 Å². The molecule has 0 heterocycles. The molecule has 0 saturated heterocycles. The molecule has 2 aromatic carbocycles. The summed E-state index contributed by atoms with van der Waals surface area (Å²) >= 11 is 3.39. The molecule has 0 unspecified atom stereocenters. The van der Waals surface area contributed by atoms with Crippen LogP contribution in [0.15, 0.2) is 63.5 Å². The second kappa shape index (κ2) is 8.00. The fraction of sp³-hybridized carbons (Fsp3) is 0.188. The van der Waals surface area contributed by atoms with Gasteiger partial charge in [0, 0.05) is 21.1 Å². The number of benzene rings is 2. The summed E-state index contributed by atoms with van der Waals surface area (Å²) in [6.45, 7) is 2.09. The zero-order valence-electron chi connectivity index (χ0n) is 11.8. The van der Waals surface area contributed by atoms with E-state index in [-0.39, 0.29) is 5.84 Å². The van der Waals surface area contributed by atoms with Gasteiger partial charge in [-0.15, -0.1) is 23.5 Å². The number of hydrogen-bond donors (Lipinski definition) is 2. The minimum atomic E-state index is 0.169. The second-order valence-electron chi connectivity index (χ2n) is 4.32. The number of hydrogen-bond acceptors (Lipinski definition) is 4. The van der Waals surface area contributed by atoms with Crippen LogP contribution in [0.2, 0.25) is 0 Å². The van der Waals surface area contributed by atoms with Crippen molar-refractivity contribution in [2.75, 3.05) is 5.75 Å². The van der Waals surface area contributed by atoms with Crippen molar-refractivity contribution in [2.45, 2.75) is 22.5 Å². The molecule has 0 aliphatic heterocycles. The van der Waals surface area contributed by atoms with E-state index >= 15 is 0 Å².